The lowest BCUT2D eigenvalue weighted by atomic mass is 9.94. The number of hydrazone groups is 1. The van der Waals surface area contributed by atoms with E-state index in [0.29, 0.717) is 38.3 Å². The van der Waals surface area contributed by atoms with Crippen molar-refractivity contribution in [1.82, 2.24) is 15.0 Å². The van der Waals surface area contributed by atoms with E-state index < -0.39 is 5.82 Å². The summed E-state index contributed by atoms with van der Waals surface area (Å²) in [6.45, 7) is 0.837. The standard InChI is InChI=1S/C21H21FN6O2/c22-17-14-24-21(26-19(17)30-13-9-23)27-11-7-16(8-12-27)20(29)28-18(6-10-25-28)15-4-2-1-3-5-15/h1-5,10,14,16,18H,6-8,11-13H2/t18-/m0/s1. The Kier molecular flexibility index (Phi) is 5.84. The molecule has 9 heteroatoms. The van der Waals surface area contributed by atoms with Gasteiger partial charge in [-0.05, 0) is 18.4 Å². The molecule has 1 fully saturated rings. The van der Waals surface area contributed by atoms with Crippen molar-refractivity contribution < 1.29 is 13.9 Å². The van der Waals surface area contributed by atoms with Gasteiger partial charge in [0.2, 0.25) is 17.7 Å². The van der Waals surface area contributed by atoms with Gasteiger partial charge < -0.3 is 9.64 Å². The minimum Gasteiger partial charge on any atom is -0.460 e. The Hall–Kier alpha value is -3.54. The molecule has 2 aromatic rings. The molecule has 0 aliphatic carbocycles. The Bertz CT molecular complexity index is 969. The number of hydrogen-bond acceptors (Lipinski definition) is 7. The highest BCUT2D eigenvalue weighted by Gasteiger charge is 2.35. The SMILES string of the molecule is N#CCOc1nc(N2CCC(C(=O)N3N=CC[C@H]3c3ccccc3)CC2)ncc1F. The minimum absolute atomic E-state index is 0.0234. The molecule has 1 amide bonds. The first-order chi connectivity index (χ1) is 14.7. The van der Waals surface area contributed by atoms with Crippen LogP contribution in [0.2, 0.25) is 0 Å². The highest BCUT2D eigenvalue weighted by Crippen LogP contribution is 2.32. The molecule has 4 rings (SSSR count). The molecule has 2 aliphatic rings. The van der Waals surface area contributed by atoms with E-state index in [-0.39, 0.29) is 30.4 Å². The first-order valence-electron chi connectivity index (χ1n) is 9.85. The van der Waals surface area contributed by atoms with Crippen LogP contribution in [0.25, 0.3) is 0 Å². The van der Waals surface area contributed by atoms with Crippen LogP contribution >= 0.6 is 0 Å². The molecule has 0 bridgehead atoms. The Morgan fingerprint density at radius 3 is 2.77 bits per heavy atom. The summed E-state index contributed by atoms with van der Waals surface area (Å²) in [6.07, 6.45) is 4.79. The highest BCUT2D eigenvalue weighted by molar-refractivity contribution is 5.82. The number of ether oxygens (including phenoxy) is 1. The molecule has 1 saturated heterocycles. The summed E-state index contributed by atoms with van der Waals surface area (Å²) in [5.41, 5.74) is 1.07. The first kappa shape index (κ1) is 19.8. The third-order valence-electron chi connectivity index (χ3n) is 5.34. The van der Waals surface area contributed by atoms with Crippen LogP contribution < -0.4 is 9.64 Å². The molecule has 154 valence electrons. The summed E-state index contributed by atoms with van der Waals surface area (Å²) in [6, 6.07) is 11.6. The molecule has 0 radical (unpaired) electrons. The molecule has 0 N–H and O–H groups in total. The van der Waals surface area contributed by atoms with E-state index in [4.69, 9.17) is 10.00 Å². The van der Waals surface area contributed by atoms with Crippen molar-refractivity contribution in [2.75, 3.05) is 24.6 Å². The molecule has 8 nitrogen and oxygen atoms in total. The third kappa shape index (κ3) is 4.08. The molecule has 0 unspecified atom stereocenters. The van der Waals surface area contributed by atoms with Gasteiger partial charge in [-0.2, -0.15) is 19.7 Å². The van der Waals surface area contributed by atoms with Gasteiger partial charge in [0.05, 0.1) is 12.2 Å². The maximum absolute atomic E-state index is 13.7. The minimum atomic E-state index is -0.710. The first-order valence-corrected chi connectivity index (χ1v) is 9.85. The molecular weight excluding hydrogens is 387 g/mol. The van der Waals surface area contributed by atoms with Gasteiger partial charge in [0.15, 0.2) is 6.61 Å². The maximum Gasteiger partial charge on any atom is 0.256 e. The average molecular weight is 408 g/mol. The normalized spacial score (nSPS) is 19.0. The molecule has 2 aliphatic heterocycles. The quantitative estimate of drug-likeness (QED) is 0.755. The van der Waals surface area contributed by atoms with E-state index >= 15 is 0 Å². The number of amides is 1. The number of halogens is 1. The van der Waals surface area contributed by atoms with Crippen molar-refractivity contribution in [3.63, 3.8) is 0 Å². The predicted octanol–water partition coefficient (Wildman–Crippen LogP) is 2.69. The maximum atomic E-state index is 13.7. The van der Waals surface area contributed by atoms with Gasteiger partial charge in [-0.1, -0.05) is 30.3 Å². The molecule has 1 aromatic carbocycles. The Morgan fingerprint density at radius 2 is 2.03 bits per heavy atom. The van der Waals surface area contributed by atoms with Gasteiger partial charge >= 0.3 is 0 Å². The highest BCUT2D eigenvalue weighted by atomic mass is 19.1. The summed E-state index contributed by atoms with van der Waals surface area (Å²) in [5, 5.41) is 14.5. The topological polar surface area (TPSA) is 94.7 Å². The second-order valence-electron chi connectivity index (χ2n) is 7.17. The van der Waals surface area contributed by atoms with Crippen molar-refractivity contribution in [1.29, 1.82) is 5.26 Å². The summed E-state index contributed by atoms with van der Waals surface area (Å²) in [4.78, 5) is 23.1. The number of piperidine rings is 1. The van der Waals surface area contributed by atoms with Crippen molar-refractivity contribution in [2.24, 2.45) is 11.0 Å². The Balaban J connectivity index is 1.39. The molecule has 1 aromatic heterocycles. The summed E-state index contributed by atoms with van der Waals surface area (Å²) in [7, 11) is 0. The van der Waals surface area contributed by atoms with Crippen LogP contribution in [0.15, 0.2) is 41.6 Å². The van der Waals surface area contributed by atoms with Crippen LogP contribution in [0.1, 0.15) is 30.9 Å². The number of anilines is 1. The lowest BCUT2D eigenvalue weighted by molar-refractivity contribution is -0.138. The summed E-state index contributed by atoms with van der Waals surface area (Å²) < 4.78 is 18.7. The van der Waals surface area contributed by atoms with Crippen molar-refractivity contribution in [3.8, 4) is 11.9 Å². The van der Waals surface area contributed by atoms with Crippen LogP contribution in [0, 0.1) is 23.1 Å². The van der Waals surface area contributed by atoms with Crippen LogP contribution in [-0.2, 0) is 4.79 Å². The lowest BCUT2D eigenvalue weighted by Crippen LogP contribution is -2.41. The Morgan fingerprint density at radius 1 is 1.27 bits per heavy atom. The van der Waals surface area contributed by atoms with Gasteiger partial charge in [-0.15, -0.1) is 0 Å². The lowest BCUT2D eigenvalue weighted by Gasteiger charge is -2.33. The van der Waals surface area contributed by atoms with Crippen molar-refractivity contribution in [2.45, 2.75) is 25.3 Å². The van der Waals surface area contributed by atoms with E-state index in [1.807, 2.05) is 35.2 Å². The predicted molar refractivity (Wildman–Crippen MR) is 107 cm³/mol. The summed E-state index contributed by atoms with van der Waals surface area (Å²) >= 11 is 0. The smallest absolute Gasteiger partial charge is 0.256 e. The van der Waals surface area contributed by atoms with E-state index in [9.17, 15) is 9.18 Å². The van der Waals surface area contributed by atoms with Gasteiger partial charge in [-0.25, -0.2) is 9.99 Å². The fourth-order valence-corrected chi connectivity index (χ4v) is 3.79. The zero-order valence-electron chi connectivity index (χ0n) is 16.3. The molecule has 3 heterocycles. The molecule has 0 spiro atoms. The zero-order chi connectivity index (χ0) is 20.9. The van der Waals surface area contributed by atoms with Crippen LogP contribution in [0.4, 0.5) is 10.3 Å². The van der Waals surface area contributed by atoms with Gasteiger partial charge in [0.1, 0.15) is 6.07 Å². The summed E-state index contributed by atoms with van der Waals surface area (Å²) in [5.74, 6) is -0.737. The second kappa shape index (κ2) is 8.86. The third-order valence-corrected chi connectivity index (χ3v) is 5.34. The van der Waals surface area contributed by atoms with Gasteiger partial charge in [0.25, 0.3) is 5.88 Å². The number of nitriles is 1. The van der Waals surface area contributed by atoms with Crippen LogP contribution in [-0.4, -0.2) is 46.8 Å². The number of rotatable bonds is 5. The van der Waals surface area contributed by atoms with Crippen LogP contribution in [0.5, 0.6) is 5.88 Å². The number of nitrogens with zero attached hydrogens (tertiary/aromatic N) is 6. The molecule has 1 atom stereocenters. The number of hydrogen-bond donors (Lipinski definition) is 0. The second-order valence-corrected chi connectivity index (χ2v) is 7.17. The Labute approximate surface area is 173 Å². The monoisotopic (exact) mass is 408 g/mol. The average Bonchev–Trinajstić information content (AvgIpc) is 3.29. The van der Waals surface area contributed by atoms with Gasteiger partial charge in [0, 0.05) is 31.6 Å². The van der Waals surface area contributed by atoms with Gasteiger partial charge in [-0.3, -0.25) is 4.79 Å². The molecule has 0 saturated carbocycles. The van der Waals surface area contributed by atoms with Crippen molar-refractivity contribution in [3.05, 3.63) is 47.9 Å². The number of benzene rings is 1. The largest absolute Gasteiger partial charge is 0.460 e. The van der Waals surface area contributed by atoms with E-state index in [2.05, 4.69) is 15.1 Å². The van der Waals surface area contributed by atoms with E-state index in [0.717, 1.165) is 11.8 Å². The van der Waals surface area contributed by atoms with E-state index in [1.165, 1.54) is 0 Å². The van der Waals surface area contributed by atoms with Crippen molar-refractivity contribution >= 4 is 18.1 Å². The zero-order valence-corrected chi connectivity index (χ0v) is 16.3. The fourth-order valence-electron chi connectivity index (χ4n) is 3.79. The van der Waals surface area contributed by atoms with E-state index in [1.54, 1.807) is 17.3 Å². The van der Waals surface area contributed by atoms with Crippen LogP contribution in [0.3, 0.4) is 0 Å². The number of carbonyl (C=O) groups excluding carboxylic acids is 1. The fraction of sp³-hybridized carbons (Fsp3) is 0.381. The molecule has 30 heavy (non-hydrogen) atoms. The number of aromatic nitrogens is 2. The molecular formula is C21H21FN6O2. The number of carbonyl (C=O) groups is 1.